The summed E-state index contributed by atoms with van der Waals surface area (Å²) in [5.74, 6) is -1.17. The molecule has 3 aromatic rings. The summed E-state index contributed by atoms with van der Waals surface area (Å²) in [4.78, 5) is 25.8. The number of carbonyl (C=O) groups is 1. The van der Waals surface area contributed by atoms with Crippen molar-refractivity contribution in [3.63, 3.8) is 0 Å². The van der Waals surface area contributed by atoms with Gasteiger partial charge in [0.1, 0.15) is 5.58 Å². The summed E-state index contributed by atoms with van der Waals surface area (Å²) in [5, 5.41) is 10.6. The highest BCUT2D eigenvalue weighted by atomic mass is 35.5. The van der Waals surface area contributed by atoms with E-state index in [4.69, 9.17) is 32.7 Å². The number of hydrogen-bond donors (Lipinski definition) is 1. The number of aliphatic carboxylic acids is 1. The van der Waals surface area contributed by atoms with Gasteiger partial charge in [-0.2, -0.15) is 0 Å². The van der Waals surface area contributed by atoms with Crippen molar-refractivity contribution in [2.45, 2.75) is 6.42 Å². The van der Waals surface area contributed by atoms with Gasteiger partial charge in [0, 0.05) is 29.9 Å². The number of nitrogens with zero attached hydrogens (tertiary/aromatic N) is 1. The second-order valence-electron chi connectivity index (χ2n) is 6.15. The molecular weight excluding hydrogens is 365 g/mol. The standard InChI is InChI=1S/C18H13Cl2NO4/c19-10-5-13-16(22)12-2-1-11(21-4-3-9(8-21)18(23)24)7-15(12)25-17(13)14(20)6-10/h1-2,5-7,9H,3-4,8H2,(H,23,24). The molecule has 0 bridgehead atoms. The molecule has 0 spiro atoms. The molecule has 0 aliphatic carbocycles. The molecule has 5 nitrogen and oxygen atoms in total. The van der Waals surface area contributed by atoms with Crippen LogP contribution in [0.1, 0.15) is 6.42 Å². The lowest BCUT2D eigenvalue weighted by Crippen LogP contribution is -2.22. The second-order valence-corrected chi connectivity index (χ2v) is 6.99. The SMILES string of the molecule is O=C(O)C1CCN(c2ccc3c(=O)c4cc(Cl)cc(Cl)c4oc3c2)C1. The van der Waals surface area contributed by atoms with Gasteiger partial charge in [-0.05, 0) is 30.7 Å². The number of fused-ring (bicyclic) bond motifs is 2. The highest BCUT2D eigenvalue weighted by Crippen LogP contribution is 2.31. The Bertz CT molecular complexity index is 1080. The van der Waals surface area contributed by atoms with Crippen molar-refractivity contribution in [2.24, 2.45) is 5.92 Å². The van der Waals surface area contributed by atoms with Crippen LogP contribution >= 0.6 is 23.2 Å². The maximum absolute atomic E-state index is 12.7. The van der Waals surface area contributed by atoms with Crippen LogP contribution < -0.4 is 10.3 Å². The van der Waals surface area contributed by atoms with Crippen molar-refractivity contribution in [3.8, 4) is 0 Å². The molecule has 1 N–H and O–H groups in total. The Morgan fingerprint density at radius 2 is 2.00 bits per heavy atom. The number of benzene rings is 2. The van der Waals surface area contributed by atoms with Crippen LogP contribution in [0.25, 0.3) is 21.9 Å². The third kappa shape index (κ3) is 2.73. The molecule has 2 heterocycles. The zero-order valence-corrected chi connectivity index (χ0v) is 14.5. The van der Waals surface area contributed by atoms with Crippen LogP contribution in [0, 0.1) is 5.92 Å². The van der Waals surface area contributed by atoms with Gasteiger partial charge in [0.25, 0.3) is 0 Å². The lowest BCUT2D eigenvalue weighted by molar-refractivity contribution is -0.140. The molecule has 128 valence electrons. The number of hydrogen-bond acceptors (Lipinski definition) is 4. The first-order valence-corrected chi connectivity index (χ1v) is 8.53. The van der Waals surface area contributed by atoms with Crippen molar-refractivity contribution in [1.82, 2.24) is 0 Å². The van der Waals surface area contributed by atoms with E-state index in [1.165, 1.54) is 6.07 Å². The van der Waals surface area contributed by atoms with E-state index in [2.05, 4.69) is 0 Å². The maximum Gasteiger partial charge on any atom is 0.308 e. The van der Waals surface area contributed by atoms with Crippen molar-refractivity contribution >= 4 is 56.8 Å². The van der Waals surface area contributed by atoms with E-state index in [-0.39, 0.29) is 16.4 Å². The first-order valence-electron chi connectivity index (χ1n) is 7.77. The Hall–Kier alpha value is -2.24. The molecule has 25 heavy (non-hydrogen) atoms. The molecule has 1 aromatic heterocycles. The van der Waals surface area contributed by atoms with Gasteiger partial charge >= 0.3 is 5.97 Å². The van der Waals surface area contributed by atoms with E-state index in [0.29, 0.717) is 46.5 Å². The fraction of sp³-hybridized carbons (Fsp3) is 0.222. The van der Waals surface area contributed by atoms with Crippen LogP contribution in [-0.2, 0) is 4.79 Å². The monoisotopic (exact) mass is 377 g/mol. The molecule has 7 heteroatoms. The van der Waals surface area contributed by atoms with Gasteiger partial charge in [0.2, 0.25) is 5.43 Å². The summed E-state index contributed by atoms with van der Waals surface area (Å²) in [5.41, 5.74) is 1.34. The Labute approximate surface area is 152 Å². The highest BCUT2D eigenvalue weighted by molar-refractivity contribution is 6.38. The van der Waals surface area contributed by atoms with E-state index in [1.807, 2.05) is 11.0 Å². The third-order valence-corrected chi connectivity index (χ3v) is 5.08. The van der Waals surface area contributed by atoms with Gasteiger partial charge in [-0.25, -0.2) is 0 Å². The summed E-state index contributed by atoms with van der Waals surface area (Å²) < 4.78 is 5.85. The van der Waals surface area contributed by atoms with Crippen molar-refractivity contribution < 1.29 is 14.3 Å². The molecule has 0 amide bonds. The Morgan fingerprint density at radius 1 is 1.20 bits per heavy atom. The lowest BCUT2D eigenvalue weighted by atomic mass is 10.1. The number of carboxylic acid groups (broad SMARTS) is 1. The van der Waals surface area contributed by atoms with Crippen LogP contribution in [0.3, 0.4) is 0 Å². The smallest absolute Gasteiger partial charge is 0.308 e. The predicted octanol–water partition coefficient (Wildman–Crippen LogP) is 4.16. The maximum atomic E-state index is 12.7. The van der Waals surface area contributed by atoms with Crippen LogP contribution in [0.4, 0.5) is 5.69 Å². The fourth-order valence-corrected chi connectivity index (χ4v) is 3.80. The molecule has 2 aromatic carbocycles. The summed E-state index contributed by atoms with van der Waals surface area (Å²) >= 11 is 12.1. The first-order chi connectivity index (χ1) is 11.9. The number of rotatable bonds is 2. The summed E-state index contributed by atoms with van der Waals surface area (Å²) in [7, 11) is 0. The zero-order chi connectivity index (χ0) is 17.7. The number of carboxylic acids is 1. The molecule has 1 aliphatic heterocycles. The normalized spacial score (nSPS) is 17.5. The van der Waals surface area contributed by atoms with Crippen molar-refractivity contribution in [2.75, 3.05) is 18.0 Å². The predicted molar refractivity (Wildman–Crippen MR) is 98.0 cm³/mol. The van der Waals surface area contributed by atoms with Crippen LogP contribution in [0.5, 0.6) is 0 Å². The molecule has 0 saturated carbocycles. The molecular formula is C18H13Cl2NO4. The van der Waals surface area contributed by atoms with E-state index >= 15 is 0 Å². The topological polar surface area (TPSA) is 70.8 Å². The first kappa shape index (κ1) is 16.2. The van der Waals surface area contributed by atoms with E-state index in [0.717, 1.165) is 5.69 Å². The summed E-state index contributed by atoms with van der Waals surface area (Å²) in [6.07, 6.45) is 0.597. The Morgan fingerprint density at radius 3 is 2.72 bits per heavy atom. The molecule has 1 unspecified atom stereocenters. The minimum atomic E-state index is -0.788. The van der Waals surface area contributed by atoms with Gasteiger partial charge in [-0.15, -0.1) is 0 Å². The van der Waals surface area contributed by atoms with Crippen LogP contribution in [0.2, 0.25) is 10.0 Å². The van der Waals surface area contributed by atoms with E-state index in [9.17, 15) is 9.59 Å². The minimum absolute atomic E-state index is 0.197. The van der Waals surface area contributed by atoms with Gasteiger partial charge in [-0.1, -0.05) is 23.2 Å². The van der Waals surface area contributed by atoms with Gasteiger partial charge in [0.15, 0.2) is 5.58 Å². The van der Waals surface area contributed by atoms with Crippen molar-refractivity contribution in [3.05, 3.63) is 50.6 Å². The largest absolute Gasteiger partial charge is 0.481 e. The van der Waals surface area contributed by atoms with Crippen LogP contribution in [0.15, 0.2) is 39.5 Å². The lowest BCUT2D eigenvalue weighted by Gasteiger charge is -2.18. The van der Waals surface area contributed by atoms with Crippen LogP contribution in [-0.4, -0.2) is 24.2 Å². The average Bonchev–Trinajstić information content (AvgIpc) is 3.06. The molecule has 1 atom stereocenters. The van der Waals surface area contributed by atoms with Gasteiger partial charge < -0.3 is 14.4 Å². The molecule has 1 aliphatic rings. The molecule has 4 rings (SSSR count). The summed E-state index contributed by atoms with van der Waals surface area (Å²) in [6.45, 7) is 1.09. The third-order valence-electron chi connectivity index (χ3n) is 4.58. The Kier molecular flexibility index (Phi) is 3.85. The number of halogens is 2. The molecule has 1 fully saturated rings. The molecule has 1 saturated heterocycles. The van der Waals surface area contributed by atoms with Gasteiger partial charge in [0.05, 0.1) is 21.7 Å². The summed E-state index contributed by atoms with van der Waals surface area (Å²) in [6, 6.07) is 8.33. The van der Waals surface area contributed by atoms with Gasteiger partial charge in [-0.3, -0.25) is 9.59 Å². The Balaban J connectivity index is 1.85. The number of anilines is 1. The highest BCUT2D eigenvalue weighted by Gasteiger charge is 2.28. The minimum Gasteiger partial charge on any atom is -0.481 e. The second kappa shape index (κ2) is 5.93. The zero-order valence-electron chi connectivity index (χ0n) is 13.0. The fourth-order valence-electron chi connectivity index (χ4n) is 3.26. The van der Waals surface area contributed by atoms with E-state index < -0.39 is 5.97 Å². The average molecular weight is 378 g/mol. The van der Waals surface area contributed by atoms with E-state index in [1.54, 1.807) is 18.2 Å². The quantitative estimate of drug-likeness (QED) is 0.678. The molecule has 0 radical (unpaired) electrons. The van der Waals surface area contributed by atoms with Crippen molar-refractivity contribution in [1.29, 1.82) is 0 Å².